The molecule has 0 spiro atoms. The molecule has 0 unspecified atom stereocenters. The zero-order valence-corrected chi connectivity index (χ0v) is 9.43. The van der Waals surface area contributed by atoms with E-state index in [1.54, 1.807) is 0 Å². The van der Waals surface area contributed by atoms with Gasteiger partial charge in [-0.25, -0.2) is 0 Å². The van der Waals surface area contributed by atoms with Gasteiger partial charge in [-0.05, 0) is 30.5 Å². The standard InChI is InChI=1S/C12H15ClO2/c13-6-1-3-10-4-5-11-12(9-10)15-8-2-7-14-11/h4-5,9H,1-3,6-8H2. The molecule has 1 aliphatic rings. The second-order valence-corrected chi connectivity index (χ2v) is 4.00. The predicted octanol–water partition coefficient (Wildman–Crippen LogP) is 3.02. The van der Waals surface area contributed by atoms with Crippen LogP contribution in [0.3, 0.4) is 0 Å². The zero-order chi connectivity index (χ0) is 10.5. The molecular weight excluding hydrogens is 212 g/mol. The van der Waals surface area contributed by atoms with E-state index in [0.29, 0.717) is 5.88 Å². The Hall–Kier alpha value is -0.890. The lowest BCUT2D eigenvalue weighted by Gasteiger charge is -2.08. The molecule has 0 atom stereocenters. The molecule has 2 nitrogen and oxygen atoms in total. The van der Waals surface area contributed by atoms with Crippen molar-refractivity contribution in [1.82, 2.24) is 0 Å². The summed E-state index contributed by atoms with van der Waals surface area (Å²) in [5, 5.41) is 0. The number of ether oxygens (including phenoxy) is 2. The Bertz CT molecular complexity index is 325. The fourth-order valence-corrected chi connectivity index (χ4v) is 1.77. The van der Waals surface area contributed by atoms with Crippen LogP contribution in [0.4, 0.5) is 0 Å². The van der Waals surface area contributed by atoms with Gasteiger partial charge in [-0.1, -0.05) is 6.07 Å². The molecule has 1 aliphatic heterocycles. The molecule has 0 amide bonds. The molecule has 15 heavy (non-hydrogen) atoms. The van der Waals surface area contributed by atoms with Crippen molar-refractivity contribution in [1.29, 1.82) is 0 Å². The smallest absolute Gasteiger partial charge is 0.161 e. The highest BCUT2D eigenvalue weighted by Gasteiger charge is 2.10. The first kappa shape index (κ1) is 10.6. The first-order valence-corrected chi connectivity index (χ1v) is 5.88. The Morgan fingerprint density at radius 3 is 2.73 bits per heavy atom. The summed E-state index contributed by atoms with van der Waals surface area (Å²) in [6.07, 6.45) is 2.95. The van der Waals surface area contributed by atoms with Gasteiger partial charge in [0.1, 0.15) is 0 Å². The maximum Gasteiger partial charge on any atom is 0.161 e. The number of alkyl halides is 1. The van der Waals surface area contributed by atoms with Crippen molar-refractivity contribution in [2.75, 3.05) is 19.1 Å². The number of aryl methyl sites for hydroxylation is 1. The molecule has 0 fully saturated rings. The van der Waals surface area contributed by atoms with E-state index in [1.807, 2.05) is 6.07 Å². The first-order valence-electron chi connectivity index (χ1n) is 5.34. The third-order valence-electron chi connectivity index (χ3n) is 2.41. The van der Waals surface area contributed by atoms with Crippen LogP contribution in [0.5, 0.6) is 11.5 Å². The van der Waals surface area contributed by atoms with Gasteiger partial charge in [-0.15, -0.1) is 11.6 Å². The molecule has 0 N–H and O–H groups in total. The Kier molecular flexibility index (Phi) is 3.73. The minimum absolute atomic E-state index is 0.703. The van der Waals surface area contributed by atoms with Crippen LogP contribution in [0.25, 0.3) is 0 Å². The lowest BCUT2D eigenvalue weighted by molar-refractivity contribution is 0.297. The average molecular weight is 227 g/mol. The Morgan fingerprint density at radius 2 is 1.93 bits per heavy atom. The molecule has 0 bridgehead atoms. The lowest BCUT2D eigenvalue weighted by atomic mass is 10.1. The first-order chi connectivity index (χ1) is 7.40. The van der Waals surface area contributed by atoms with Gasteiger partial charge in [0.05, 0.1) is 13.2 Å². The number of hydrogen-bond acceptors (Lipinski definition) is 2. The van der Waals surface area contributed by atoms with Crippen molar-refractivity contribution in [3.05, 3.63) is 23.8 Å². The van der Waals surface area contributed by atoms with Gasteiger partial charge in [0.25, 0.3) is 0 Å². The van der Waals surface area contributed by atoms with Crippen LogP contribution in [-0.2, 0) is 6.42 Å². The van der Waals surface area contributed by atoms with Gasteiger partial charge in [0.2, 0.25) is 0 Å². The van der Waals surface area contributed by atoms with Crippen molar-refractivity contribution < 1.29 is 9.47 Å². The minimum atomic E-state index is 0.703. The molecule has 2 rings (SSSR count). The summed E-state index contributed by atoms with van der Waals surface area (Å²) in [5.41, 5.74) is 1.26. The summed E-state index contributed by atoms with van der Waals surface area (Å²) in [7, 11) is 0. The van der Waals surface area contributed by atoms with E-state index >= 15 is 0 Å². The van der Waals surface area contributed by atoms with Gasteiger partial charge >= 0.3 is 0 Å². The van der Waals surface area contributed by atoms with Gasteiger partial charge in [-0.3, -0.25) is 0 Å². The van der Waals surface area contributed by atoms with E-state index in [1.165, 1.54) is 5.56 Å². The van der Waals surface area contributed by atoms with Crippen molar-refractivity contribution >= 4 is 11.6 Å². The van der Waals surface area contributed by atoms with Crippen LogP contribution in [0.15, 0.2) is 18.2 Å². The van der Waals surface area contributed by atoms with E-state index in [9.17, 15) is 0 Å². The van der Waals surface area contributed by atoms with Gasteiger partial charge in [-0.2, -0.15) is 0 Å². The second-order valence-electron chi connectivity index (χ2n) is 3.62. The molecule has 3 heteroatoms. The fraction of sp³-hybridized carbons (Fsp3) is 0.500. The third kappa shape index (κ3) is 2.78. The lowest BCUT2D eigenvalue weighted by Crippen LogP contribution is -1.97. The normalized spacial score (nSPS) is 14.7. The fourth-order valence-electron chi connectivity index (χ4n) is 1.63. The monoisotopic (exact) mass is 226 g/mol. The molecule has 0 aliphatic carbocycles. The topological polar surface area (TPSA) is 18.5 Å². The predicted molar refractivity (Wildman–Crippen MR) is 61.1 cm³/mol. The van der Waals surface area contributed by atoms with Crippen LogP contribution in [0.2, 0.25) is 0 Å². The van der Waals surface area contributed by atoms with E-state index in [-0.39, 0.29) is 0 Å². The zero-order valence-electron chi connectivity index (χ0n) is 8.67. The van der Waals surface area contributed by atoms with Crippen LogP contribution >= 0.6 is 11.6 Å². The Labute approximate surface area is 95.1 Å². The molecule has 0 saturated heterocycles. The van der Waals surface area contributed by atoms with Crippen molar-refractivity contribution in [3.63, 3.8) is 0 Å². The highest BCUT2D eigenvalue weighted by atomic mass is 35.5. The van der Waals surface area contributed by atoms with Gasteiger partial charge in [0, 0.05) is 12.3 Å². The average Bonchev–Trinajstić information content (AvgIpc) is 2.50. The highest BCUT2D eigenvalue weighted by Crippen LogP contribution is 2.30. The summed E-state index contributed by atoms with van der Waals surface area (Å²) in [6, 6.07) is 6.14. The second kappa shape index (κ2) is 5.26. The number of fused-ring (bicyclic) bond motifs is 1. The van der Waals surface area contributed by atoms with Crippen molar-refractivity contribution in [2.45, 2.75) is 19.3 Å². The van der Waals surface area contributed by atoms with E-state index in [4.69, 9.17) is 21.1 Å². The van der Waals surface area contributed by atoms with Crippen LogP contribution in [0.1, 0.15) is 18.4 Å². The summed E-state index contributed by atoms with van der Waals surface area (Å²) in [6.45, 7) is 1.49. The number of benzene rings is 1. The largest absolute Gasteiger partial charge is 0.490 e. The number of rotatable bonds is 3. The SMILES string of the molecule is ClCCCc1ccc2c(c1)OCCCO2. The van der Waals surface area contributed by atoms with Crippen molar-refractivity contribution in [3.8, 4) is 11.5 Å². The van der Waals surface area contributed by atoms with Crippen LogP contribution in [-0.4, -0.2) is 19.1 Å². The molecule has 0 aromatic heterocycles. The summed E-state index contributed by atoms with van der Waals surface area (Å²) >= 11 is 5.66. The Morgan fingerprint density at radius 1 is 1.13 bits per heavy atom. The minimum Gasteiger partial charge on any atom is -0.490 e. The molecule has 82 valence electrons. The number of hydrogen-bond donors (Lipinski definition) is 0. The van der Waals surface area contributed by atoms with Crippen LogP contribution < -0.4 is 9.47 Å². The summed E-state index contributed by atoms with van der Waals surface area (Å²) in [5.74, 6) is 2.44. The molecule has 0 saturated carbocycles. The molecule has 1 heterocycles. The summed E-state index contributed by atoms with van der Waals surface area (Å²) < 4.78 is 11.2. The molecule has 1 aromatic rings. The maximum atomic E-state index is 5.66. The van der Waals surface area contributed by atoms with E-state index in [2.05, 4.69) is 12.1 Å². The van der Waals surface area contributed by atoms with E-state index in [0.717, 1.165) is 44.0 Å². The van der Waals surface area contributed by atoms with Crippen molar-refractivity contribution in [2.24, 2.45) is 0 Å². The number of halogens is 1. The van der Waals surface area contributed by atoms with Crippen LogP contribution in [0, 0.1) is 0 Å². The quantitative estimate of drug-likeness (QED) is 0.738. The van der Waals surface area contributed by atoms with E-state index < -0.39 is 0 Å². The Balaban J connectivity index is 2.13. The van der Waals surface area contributed by atoms with Gasteiger partial charge < -0.3 is 9.47 Å². The molecule has 1 aromatic carbocycles. The maximum absolute atomic E-state index is 5.66. The molecule has 0 radical (unpaired) electrons. The highest BCUT2D eigenvalue weighted by molar-refractivity contribution is 6.17. The molecular formula is C12H15ClO2. The summed E-state index contributed by atoms with van der Waals surface area (Å²) in [4.78, 5) is 0. The third-order valence-corrected chi connectivity index (χ3v) is 2.68. The van der Waals surface area contributed by atoms with Gasteiger partial charge in [0.15, 0.2) is 11.5 Å².